The molecule has 4 nitrogen and oxygen atoms in total. The van der Waals surface area contributed by atoms with Crippen molar-refractivity contribution in [1.29, 1.82) is 0 Å². The molecule has 2 heterocycles. The Balaban J connectivity index is 1.91. The van der Waals surface area contributed by atoms with Crippen molar-refractivity contribution < 1.29 is 9.53 Å². The lowest BCUT2D eigenvalue weighted by molar-refractivity contribution is -0.131. The number of amides is 1. The van der Waals surface area contributed by atoms with Crippen LogP contribution in [0.4, 0.5) is 0 Å². The van der Waals surface area contributed by atoms with Crippen LogP contribution in [0.3, 0.4) is 0 Å². The van der Waals surface area contributed by atoms with Crippen molar-refractivity contribution in [3.8, 4) is 0 Å². The Morgan fingerprint density at radius 1 is 1.33 bits per heavy atom. The van der Waals surface area contributed by atoms with Gasteiger partial charge in [-0.2, -0.15) is 0 Å². The molecule has 0 aromatic heterocycles. The van der Waals surface area contributed by atoms with Gasteiger partial charge in [-0.25, -0.2) is 0 Å². The van der Waals surface area contributed by atoms with E-state index >= 15 is 0 Å². The van der Waals surface area contributed by atoms with E-state index in [1.807, 2.05) is 0 Å². The first-order valence-corrected chi connectivity index (χ1v) is 8.85. The third kappa shape index (κ3) is 4.19. The van der Waals surface area contributed by atoms with Crippen LogP contribution in [0.5, 0.6) is 0 Å². The van der Waals surface area contributed by atoms with E-state index in [1.165, 1.54) is 12.8 Å². The lowest BCUT2D eigenvalue weighted by atomic mass is 9.99. The third-order valence-corrected chi connectivity index (χ3v) is 5.04. The first-order valence-electron chi connectivity index (χ1n) is 8.85. The Morgan fingerprint density at radius 3 is 2.76 bits per heavy atom. The van der Waals surface area contributed by atoms with Crippen LogP contribution >= 0.6 is 0 Å². The molecule has 4 unspecified atom stereocenters. The Bertz CT molecular complexity index is 329. The maximum absolute atomic E-state index is 12.7. The Kier molecular flexibility index (Phi) is 6.49. The maximum atomic E-state index is 12.7. The fourth-order valence-corrected chi connectivity index (χ4v) is 3.44. The van der Waals surface area contributed by atoms with Crippen LogP contribution in [0.1, 0.15) is 65.7 Å². The van der Waals surface area contributed by atoms with E-state index in [1.54, 1.807) is 0 Å². The Morgan fingerprint density at radius 2 is 2.14 bits per heavy atom. The van der Waals surface area contributed by atoms with E-state index in [2.05, 4.69) is 31.0 Å². The van der Waals surface area contributed by atoms with Gasteiger partial charge in [-0.05, 0) is 38.0 Å². The molecule has 1 N–H and O–H groups in total. The number of rotatable bonds is 7. The molecule has 0 bridgehead atoms. The molecule has 1 amide bonds. The molecule has 2 rings (SSSR count). The summed E-state index contributed by atoms with van der Waals surface area (Å²) in [5, 5.41) is 3.57. The highest BCUT2D eigenvalue weighted by atomic mass is 16.5. The fourth-order valence-electron chi connectivity index (χ4n) is 3.44. The van der Waals surface area contributed by atoms with Crippen molar-refractivity contribution in [2.24, 2.45) is 5.92 Å². The zero-order valence-corrected chi connectivity index (χ0v) is 13.9. The predicted molar refractivity (Wildman–Crippen MR) is 85.0 cm³/mol. The van der Waals surface area contributed by atoms with Crippen molar-refractivity contribution in [1.82, 2.24) is 10.2 Å². The van der Waals surface area contributed by atoms with Crippen molar-refractivity contribution in [3.63, 3.8) is 0 Å². The van der Waals surface area contributed by atoms with E-state index in [0.29, 0.717) is 17.9 Å². The van der Waals surface area contributed by atoms with Crippen LogP contribution in [0.2, 0.25) is 0 Å². The highest BCUT2D eigenvalue weighted by Gasteiger charge is 2.40. The van der Waals surface area contributed by atoms with Crippen molar-refractivity contribution >= 4 is 5.91 Å². The number of nitrogens with one attached hydrogen (secondary N) is 1. The first-order chi connectivity index (χ1) is 10.2. The molecule has 4 atom stereocenters. The van der Waals surface area contributed by atoms with Gasteiger partial charge in [0.1, 0.15) is 0 Å². The summed E-state index contributed by atoms with van der Waals surface area (Å²) in [6.07, 6.45) is 8.38. The summed E-state index contributed by atoms with van der Waals surface area (Å²) in [6.45, 7) is 8.25. The highest BCUT2D eigenvalue weighted by molar-refractivity contribution is 5.84. The van der Waals surface area contributed by atoms with Crippen LogP contribution in [-0.2, 0) is 9.53 Å². The summed E-state index contributed by atoms with van der Waals surface area (Å²) in [5.41, 5.74) is 0. The molecule has 0 spiro atoms. The average Bonchev–Trinajstić information content (AvgIpc) is 2.82. The van der Waals surface area contributed by atoms with E-state index in [9.17, 15) is 4.79 Å². The summed E-state index contributed by atoms with van der Waals surface area (Å²) in [4.78, 5) is 14.8. The lowest BCUT2D eigenvalue weighted by Gasteiger charge is -2.28. The molecular formula is C17H32N2O2. The average molecular weight is 296 g/mol. The largest absolute Gasteiger partial charge is 0.378 e. The summed E-state index contributed by atoms with van der Waals surface area (Å²) in [5.74, 6) is 0.714. The molecule has 2 fully saturated rings. The number of ether oxygens (including phenoxy) is 1. The second kappa shape index (κ2) is 8.14. The molecule has 0 aromatic carbocycles. The van der Waals surface area contributed by atoms with Crippen molar-refractivity contribution in [2.75, 3.05) is 13.2 Å². The number of hydrogen-bond acceptors (Lipinski definition) is 3. The topological polar surface area (TPSA) is 41.6 Å². The van der Waals surface area contributed by atoms with E-state index in [-0.39, 0.29) is 12.2 Å². The zero-order chi connectivity index (χ0) is 15.2. The van der Waals surface area contributed by atoms with Crippen LogP contribution in [0.25, 0.3) is 0 Å². The SMILES string of the molecule is CCCC1NC(C(C)CC)C(=O)N1CCC1CCCCO1. The number of carbonyl (C=O) groups is 1. The van der Waals surface area contributed by atoms with Crippen LogP contribution in [0.15, 0.2) is 0 Å². The van der Waals surface area contributed by atoms with Crippen molar-refractivity contribution in [2.45, 2.75) is 84.0 Å². The molecule has 2 aliphatic heterocycles. The second-order valence-corrected chi connectivity index (χ2v) is 6.64. The number of hydrogen-bond donors (Lipinski definition) is 1. The summed E-state index contributed by atoms with van der Waals surface area (Å²) in [6, 6.07) is 0.0128. The van der Waals surface area contributed by atoms with Crippen LogP contribution < -0.4 is 5.32 Å². The van der Waals surface area contributed by atoms with Gasteiger partial charge in [0.25, 0.3) is 0 Å². The number of nitrogens with zero attached hydrogens (tertiary/aromatic N) is 1. The minimum Gasteiger partial charge on any atom is -0.378 e. The van der Waals surface area contributed by atoms with Gasteiger partial charge in [-0.3, -0.25) is 10.1 Å². The van der Waals surface area contributed by atoms with Gasteiger partial charge in [-0.1, -0.05) is 33.6 Å². The Hall–Kier alpha value is -0.610. The summed E-state index contributed by atoms with van der Waals surface area (Å²) < 4.78 is 5.81. The minimum atomic E-state index is 0.0128. The molecule has 0 aliphatic carbocycles. The standard InChI is InChI=1S/C17H32N2O2/c1-4-8-15-18-16(13(3)5-2)17(20)19(15)11-10-14-9-6-7-12-21-14/h13-16,18H,4-12H2,1-3H3. The van der Waals surface area contributed by atoms with Gasteiger partial charge < -0.3 is 9.64 Å². The Labute approximate surface area is 129 Å². The van der Waals surface area contributed by atoms with Crippen LogP contribution in [0, 0.1) is 5.92 Å². The van der Waals surface area contributed by atoms with E-state index in [4.69, 9.17) is 4.74 Å². The maximum Gasteiger partial charge on any atom is 0.241 e. The zero-order valence-electron chi connectivity index (χ0n) is 13.9. The normalized spacial score (nSPS) is 31.7. The molecule has 2 saturated heterocycles. The monoisotopic (exact) mass is 296 g/mol. The molecular weight excluding hydrogens is 264 g/mol. The predicted octanol–water partition coefficient (Wildman–Crippen LogP) is 2.92. The van der Waals surface area contributed by atoms with Gasteiger partial charge >= 0.3 is 0 Å². The number of carbonyl (C=O) groups excluding carboxylic acids is 1. The molecule has 0 radical (unpaired) electrons. The van der Waals surface area contributed by atoms with Gasteiger partial charge in [0.2, 0.25) is 5.91 Å². The molecule has 21 heavy (non-hydrogen) atoms. The van der Waals surface area contributed by atoms with Gasteiger partial charge in [0.05, 0.1) is 18.3 Å². The molecule has 122 valence electrons. The quantitative estimate of drug-likeness (QED) is 0.785. The smallest absolute Gasteiger partial charge is 0.241 e. The van der Waals surface area contributed by atoms with E-state index in [0.717, 1.165) is 45.3 Å². The molecule has 0 saturated carbocycles. The molecule has 4 heteroatoms. The van der Waals surface area contributed by atoms with Gasteiger partial charge in [-0.15, -0.1) is 0 Å². The lowest BCUT2D eigenvalue weighted by Crippen LogP contribution is -2.39. The second-order valence-electron chi connectivity index (χ2n) is 6.64. The van der Waals surface area contributed by atoms with E-state index < -0.39 is 0 Å². The van der Waals surface area contributed by atoms with Gasteiger partial charge in [0.15, 0.2) is 0 Å². The summed E-state index contributed by atoms with van der Waals surface area (Å²) in [7, 11) is 0. The fraction of sp³-hybridized carbons (Fsp3) is 0.941. The van der Waals surface area contributed by atoms with Crippen LogP contribution in [-0.4, -0.2) is 42.3 Å². The molecule has 0 aromatic rings. The summed E-state index contributed by atoms with van der Waals surface area (Å²) >= 11 is 0. The highest BCUT2D eigenvalue weighted by Crippen LogP contribution is 2.23. The van der Waals surface area contributed by atoms with Gasteiger partial charge in [0, 0.05) is 13.2 Å². The third-order valence-electron chi connectivity index (χ3n) is 5.04. The van der Waals surface area contributed by atoms with Crippen molar-refractivity contribution in [3.05, 3.63) is 0 Å². The molecule has 2 aliphatic rings. The minimum absolute atomic E-state index is 0.0128. The first kappa shape index (κ1) is 16.8.